The summed E-state index contributed by atoms with van der Waals surface area (Å²) in [6.07, 6.45) is 8.10. The van der Waals surface area contributed by atoms with E-state index in [9.17, 15) is 0 Å². The van der Waals surface area contributed by atoms with Crippen molar-refractivity contribution in [3.8, 4) is 33.4 Å². The van der Waals surface area contributed by atoms with Gasteiger partial charge in [-0.15, -0.1) is 0 Å². The summed E-state index contributed by atoms with van der Waals surface area (Å²) in [6, 6.07) is 82.4. The number of nitrogens with zero attached hydrogens (tertiary/aromatic N) is 2. The van der Waals surface area contributed by atoms with Crippen LogP contribution in [-0.4, -0.2) is 4.57 Å². The summed E-state index contributed by atoms with van der Waals surface area (Å²) in [5, 5.41) is 2.46. The topological polar surface area (TPSA) is 8.17 Å². The van der Waals surface area contributed by atoms with Gasteiger partial charge in [0.05, 0.1) is 16.4 Å². The molecule has 304 valence electrons. The molecule has 0 spiro atoms. The van der Waals surface area contributed by atoms with Crippen molar-refractivity contribution in [2.24, 2.45) is 0 Å². The van der Waals surface area contributed by atoms with Gasteiger partial charge in [-0.2, -0.15) is 0 Å². The molecule has 0 bridgehead atoms. The minimum Gasteiger partial charge on any atom is -0.310 e. The lowest BCUT2D eigenvalue weighted by molar-refractivity contribution is 0.768. The highest BCUT2D eigenvalue weighted by Gasteiger charge is 2.46. The molecule has 0 amide bonds. The average molecular weight is 819 g/mol. The molecule has 1 aliphatic carbocycles. The number of aromatic nitrogens is 1. The zero-order valence-electron chi connectivity index (χ0n) is 35.8. The van der Waals surface area contributed by atoms with Crippen LogP contribution in [0.25, 0.3) is 60.9 Å². The predicted molar refractivity (Wildman–Crippen MR) is 272 cm³/mol. The van der Waals surface area contributed by atoms with Gasteiger partial charge in [-0.05, 0) is 123 Å². The lowest BCUT2D eigenvalue weighted by Gasteiger charge is -2.35. The molecule has 0 saturated heterocycles. The van der Waals surface area contributed by atoms with E-state index < -0.39 is 5.41 Å². The number of hydrogen-bond acceptors (Lipinski definition) is 1. The normalized spacial score (nSPS) is 13.0. The Morgan fingerprint density at radius 3 is 1.62 bits per heavy atom. The maximum atomic E-state index is 3.91. The first kappa shape index (κ1) is 38.7. The van der Waals surface area contributed by atoms with Gasteiger partial charge in [0.1, 0.15) is 0 Å². The van der Waals surface area contributed by atoms with E-state index in [1.54, 1.807) is 0 Å². The molecule has 9 aromatic carbocycles. The van der Waals surface area contributed by atoms with Crippen molar-refractivity contribution < 1.29 is 0 Å². The van der Waals surface area contributed by atoms with Crippen LogP contribution in [0.5, 0.6) is 0 Å². The van der Waals surface area contributed by atoms with Crippen LogP contribution in [0.4, 0.5) is 17.1 Å². The van der Waals surface area contributed by atoms with Gasteiger partial charge in [-0.25, -0.2) is 0 Å². The van der Waals surface area contributed by atoms with Gasteiger partial charge in [0.25, 0.3) is 0 Å². The lowest BCUT2D eigenvalue weighted by atomic mass is 9.67. The van der Waals surface area contributed by atoms with Gasteiger partial charge in [0.2, 0.25) is 0 Å². The highest BCUT2D eigenvalue weighted by Crippen LogP contribution is 2.57. The predicted octanol–water partition coefficient (Wildman–Crippen LogP) is 16.6. The standard InChI is InChI=1S/C62H46N2/c1-3-5-25-50(4-2)64-60-29-18-16-27-56(60)57-42-47(34-41-61(57)64)46-32-37-52(38-33-46)63(51-35-30-45(31-36-51)44-19-9-6-10-20-44)53-39-40-55-54-26-15-17-28-58(54)62(59(55)43-53,48-21-11-7-12-22-48)49-23-13-8-14-24-49/h3-43H,1H2,2H3/b25-5-,50-4+. The van der Waals surface area contributed by atoms with E-state index in [0.717, 1.165) is 28.3 Å². The molecule has 11 rings (SSSR count). The van der Waals surface area contributed by atoms with Gasteiger partial charge in [0.15, 0.2) is 0 Å². The Kier molecular flexibility index (Phi) is 9.83. The van der Waals surface area contributed by atoms with Crippen LogP contribution < -0.4 is 4.90 Å². The van der Waals surface area contributed by atoms with Gasteiger partial charge in [-0.3, -0.25) is 0 Å². The third kappa shape index (κ3) is 6.34. The fourth-order valence-corrected chi connectivity index (χ4v) is 10.2. The highest BCUT2D eigenvalue weighted by atomic mass is 15.1. The number of hydrogen-bond donors (Lipinski definition) is 0. The largest absolute Gasteiger partial charge is 0.310 e. The smallest absolute Gasteiger partial charge is 0.0714 e. The minimum absolute atomic E-state index is 0.505. The van der Waals surface area contributed by atoms with Crippen LogP contribution in [0.2, 0.25) is 0 Å². The third-order valence-corrected chi connectivity index (χ3v) is 13.0. The first-order valence-electron chi connectivity index (χ1n) is 22.1. The molecule has 0 radical (unpaired) electrons. The SMILES string of the molecule is C=C/C=C\C(=C/C)n1c2ccccc2c2cc(-c3ccc(N(c4ccc(-c5ccccc5)cc4)c4ccc5c(c4)C(c4ccccc4)(c4ccccc4)c4ccccc4-5)cc3)ccc21. The van der Waals surface area contributed by atoms with Crippen molar-refractivity contribution in [1.82, 2.24) is 4.57 Å². The van der Waals surface area contributed by atoms with Crippen LogP contribution in [0.15, 0.2) is 255 Å². The molecule has 2 nitrogen and oxygen atoms in total. The first-order valence-corrected chi connectivity index (χ1v) is 22.1. The third-order valence-electron chi connectivity index (χ3n) is 13.0. The highest BCUT2D eigenvalue weighted by molar-refractivity contribution is 6.11. The number of benzene rings is 9. The van der Waals surface area contributed by atoms with Crippen LogP contribution >= 0.6 is 0 Å². The van der Waals surface area contributed by atoms with Crippen molar-refractivity contribution in [3.05, 3.63) is 278 Å². The summed E-state index contributed by atoms with van der Waals surface area (Å²) in [6.45, 7) is 6.00. The molecule has 1 aromatic heterocycles. The summed E-state index contributed by atoms with van der Waals surface area (Å²) in [5.41, 5.74) is 18.6. The molecule has 64 heavy (non-hydrogen) atoms. The van der Waals surface area contributed by atoms with Gasteiger partial charge in [0, 0.05) is 33.5 Å². The van der Waals surface area contributed by atoms with Crippen molar-refractivity contribution >= 4 is 44.6 Å². The fraction of sp³-hybridized carbons (Fsp3) is 0.0323. The van der Waals surface area contributed by atoms with E-state index >= 15 is 0 Å². The zero-order valence-corrected chi connectivity index (χ0v) is 35.8. The summed E-state index contributed by atoms with van der Waals surface area (Å²) in [7, 11) is 0. The first-order chi connectivity index (χ1) is 31.7. The Morgan fingerprint density at radius 2 is 0.969 bits per heavy atom. The quantitative estimate of drug-likeness (QED) is 0.125. The van der Waals surface area contributed by atoms with Crippen molar-refractivity contribution in [3.63, 3.8) is 0 Å². The average Bonchev–Trinajstić information content (AvgIpc) is 3.86. The second kappa shape index (κ2) is 16.2. The lowest BCUT2D eigenvalue weighted by Crippen LogP contribution is -2.28. The molecule has 2 heteroatoms. The van der Waals surface area contributed by atoms with E-state index in [-0.39, 0.29) is 0 Å². The summed E-state index contributed by atoms with van der Waals surface area (Å²) < 4.78 is 2.35. The van der Waals surface area contributed by atoms with E-state index in [4.69, 9.17) is 0 Å². The Labute approximate surface area is 375 Å². The minimum atomic E-state index is -0.505. The molecule has 0 saturated carbocycles. The van der Waals surface area contributed by atoms with Crippen LogP contribution in [0.3, 0.4) is 0 Å². The number of allylic oxidation sites excluding steroid dienone is 5. The molecule has 1 aliphatic rings. The Morgan fingerprint density at radius 1 is 0.453 bits per heavy atom. The zero-order chi connectivity index (χ0) is 43.0. The van der Waals surface area contributed by atoms with E-state index in [1.807, 2.05) is 12.2 Å². The van der Waals surface area contributed by atoms with E-state index in [1.165, 1.54) is 71.9 Å². The molecule has 0 atom stereocenters. The summed E-state index contributed by atoms with van der Waals surface area (Å²) in [4.78, 5) is 2.41. The second-order valence-electron chi connectivity index (χ2n) is 16.4. The molecule has 0 N–H and O–H groups in total. The molecular weight excluding hydrogens is 773 g/mol. The van der Waals surface area contributed by atoms with Crippen LogP contribution in [-0.2, 0) is 5.41 Å². The van der Waals surface area contributed by atoms with Gasteiger partial charge < -0.3 is 9.47 Å². The van der Waals surface area contributed by atoms with E-state index in [0.29, 0.717) is 0 Å². The monoisotopic (exact) mass is 818 g/mol. The number of fused-ring (bicyclic) bond motifs is 6. The molecule has 10 aromatic rings. The Hall–Kier alpha value is -8.20. The van der Waals surface area contributed by atoms with Gasteiger partial charge >= 0.3 is 0 Å². The maximum Gasteiger partial charge on any atom is 0.0714 e. The van der Waals surface area contributed by atoms with E-state index in [2.05, 4.69) is 260 Å². The molecule has 0 fully saturated rings. The number of rotatable bonds is 10. The Bertz CT molecular complexity index is 3330. The molecule has 1 heterocycles. The Balaban J connectivity index is 1.06. The molecular formula is C62H46N2. The number of anilines is 3. The van der Waals surface area contributed by atoms with Crippen LogP contribution in [0.1, 0.15) is 29.2 Å². The second-order valence-corrected chi connectivity index (χ2v) is 16.4. The maximum absolute atomic E-state index is 3.91. The molecule has 0 unspecified atom stereocenters. The number of para-hydroxylation sites is 1. The molecule has 0 aliphatic heterocycles. The van der Waals surface area contributed by atoms with Crippen molar-refractivity contribution in [2.75, 3.05) is 4.90 Å². The van der Waals surface area contributed by atoms with Crippen LogP contribution in [0, 0.1) is 0 Å². The summed E-state index contributed by atoms with van der Waals surface area (Å²) >= 11 is 0. The van der Waals surface area contributed by atoms with Crippen molar-refractivity contribution in [1.29, 1.82) is 0 Å². The van der Waals surface area contributed by atoms with Crippen molar-refractivity contribution in [2.45, 2.75) is 12.3 Å². The fourth-order valence-electron chi connectivity index (χ4n) is 10.2. The van der Waals surface area contributed by atoms with Gasteiger partial charge in [-0.1, -0.05) is 195 Å². The summed E-state index contributed by atoms with van der Waals surface area (Å²) in [5.74, 6) is 0.